The van der Waals surface area contributed by atoms with Gasteiger partial charge in [0.05, 0.1) is 11.8 Å². The molecule has 0 fully saturated rings. The number of rotatable bonds is 5. The van der Waals surface area contributed by atoms with Crippen LogP contribution in [0.15, 0.2) is 27.1 Å². The van der Waals surface area contributed by atoms with Gasteiger partial charge in [0, 0.05) is 6.54 Å². The van der Waals surface area contributed by atoms with Crippen LogP contribution < -0.4 is 16.2 Å². The van der Waals surface area contributed by atoms with E-state index in [9.17, 15) is 4.79 Å². The monoisotopic (exact) mass is 295 g/mol. The van der Waals surface area contributed by atoms with Crippen LogP contribution in [0.1, 0.15) is 20.8 Å². The van der Waals surface area contributed by atoms with Crippen LogP contribution in [-0.4, -0.2) is 25.9 Å². The summed E-state index contributed by atoms with van der Waals surface area (Å²) >= 11 is 1.28. The predicted octanol–water partition coefficient (Wildman–Crippen LogP) is 1.51. The van der Waals surface area contributed by atoms with Crippen LogP contribution in [0.5, 0.6) is 5.88 Å². The largest absolute Gasteiger partial charge is 0.473 e. The van der Waals surface area contributed by atoms with Crippen molar-refractivity contribution >= 4 is 17.4 Å². The molecule has 0 saturated heterocycles. The molecule has 7 nitrogen and oxygen atoms in total. The molecule has 0 radical (unpaired) electrons. The summed E-state index contributed by atoms with van der Waals surface area (Å²) in [4.78, 5) is 15.8. The normalized spacial score (nSPS) is 11.0. The van der Waals surface area contributed by atoms with Gasteiger partial charge in [0.15, 0.2) is 5.16 Å². The van der Waals surface area contributed by atoms with Crippen molar-refractivity contribution in [1.82, 2.24) is 19.7 Å². The first-order chi connectivity index (χ1) is 9.51. The molecule has 0 unspecified atom stereocenters. The molecule has 108 valence electrons. The van der Waals surface area contributed by atoms with Gasteiger partial charge < -0.3 is 10.5 Å². The maximum atomic E-state index is 11.5. The van der Waals surface area contributed by atoms with E-state index in [-0.39, 0.29) is 11.8 Å². The molecule has 8 heteroatoms. The zero-order chi connectivity index (χ0) is 14.7. The lowest BCUT2D eigenvalue weighted by Crippen LogP contribution is -2.16. The second-order valence-corrected chi connectivity index (χ2v) is 5.36. The predicted molar refractivity (Wildman–Crippen MR) is 77.1 cm³/mol. The number of H-pyrrole nitrogens is 1. The van der Waals surface area contributed by atoms with Crippen molar-refractivity contribution in [2.45, 2.75) is 43.6 Å². The quantitative estimate of drug-likeness (QED) is 0.867. The summed E-state index contributed by atoms with van der Waals surface area (Å²) < 4.78 is 7.07. The van der Waals surface area contributed by atoms with Crippen LogP contribution >= 0.6 is 11.8 Å². The van der Waals surface area contributed by atoms with Gasteiger partial charge in [-0.2, -0.15) is 0 Å². The molecule has 2 heterocycles. The van der Waals surface area contributed by atoms with Gasteiger partial charge in [0.25, 0.3) is 0 Å². The zero-order valence-corrected chi connectivity index (χ0v) is 12.4. The molecule has 0 aromatic carbocycles. The summed E-state index contributed by atoms with van der Waals surface area (Å²) in [6.07, 6.45) is -0.00995. The molecule has 2 rings (SSSR count). The van der Waals surface area contributed by atoms with Crippen molar-refractivity contribution in [3.63, 3.8) is 0 Å². The highest BCUT2D eigenvalue weighted by atomic mass is 32.2. The molecule has 0 aliphatic heterocycles. The number of nitrogens with one attached hydrogen (secondary N) is 1. The van der Waals surface area contributed by atoms with Gasteiger partial charge in [0.1, 0.15) is 5.03 Å². The Morgan fingerprint density at radius 1 is 1.50 bits per heavy atom. The third-order valence-corrected chi connectivity index (χ3v) is 3.38. The fourth-order valence-corrected chi connectivity index (χ4v) is 2.43. The summed E-state index contributed by atoms with van der Waals surface area (Å²) in [5.74, 6) is 0.394. The van der Waals surface area contributed by atoms with E-state index in [1.54, 1.807) is 12.1 Å². The van der Waals surface area contributed by atoms with Crippen LogP contribution in [0.25, 0.3) is 0 Å². The number of aromatic nitrogens is 4. The number of nitrogens with two attached hydrogens (primary N) is 1. The minimum atomic E-state index is -0.232. The van der Waals surface area contributed by atoms with Crippen molar-refractivity contribution in [1.29, 1.82) is 0 Å². The van der Waals surface area contributed by atoms with Crippen LogP contribution in [0.4, 0.5) is 5.69 Å². The first-order valence-electron chi connectivity index (χ1n) is 6.27. The van der Waals surface area contributed by atoms with Gasteiger partial charge >= 0.3 is 5.69 Å². The fourth-order valence-electron chi connectivity index (χ4n) is 1.56. The van der Waals surface area contributed by atoms with Crippen molar-refractivity contribution in [3.8, 4) is 5.88 Å². The van der Waals surface area contributed by atoms with E-state index in [0.717, 1.165) is 0 Å². The Morgan fingerprint density at radius 2 is 2.25 bits per heavy atom. The molecule has 2 aromatic heterocycles. The lowest BCUT2D eigenvalue weighted by Gasteiger charge is -2.11. The second-order valence-electron chi connectivity index (χ2n) is 4.37. The highest BCUT2D eigenvalue weighted by Crippen LogP contribution is 2.28. The first kappa shape index (κ1) is 14.4. The van der Waals surface area contributed by atoms with Crippen molar-refractivity contribution in [2.75, 3.05) is 5.73 Å². The number of nitrogens with zero attached hydrogens (tertiary/aromatic N) is 3. The molecular formula is C12H17N5O2S. The average molecular weight is 295 g/mol. The molecule has 0 amide bonds. The smallest absolute Gasteiger partial charge is 0.343 e. The van der Waals surface area contributed by atoms with Crippen LogP contribution in [0.3, 0.4) is 0 Å². The second kappa shape index (κ2) is 6.00. The van der Waals surface area contributed by atoms with Crippen molar-refractivity contribution in [2.24, 2.45) is 0 Å². The first-order valence-corrected chi connectivity index (χ1v) is 7.09. The Morgan fingerprint density at radius 3 is 2.90 bits per heavy atom. The molecule has 0 spiro atoms. The van der Waals surface area contributed by atoms with Crippen LogP contribution in [0.2, 0.25) is 0 Å². The van der Waals surface area contributed by atoms with Gasteiger partial charge in [-0.05, 0) is 44.7 Å². The number of ether oxygens (including phenoxy) is 1. The number of hydrogen-bond donors (Lipinski definition) is 2. The standard InChI is InChI=1S/C12H17N5O2S/c1-4-17-11(18)15-16-12(17)20-9-6-5-8(13)10(14-9)19-7(2)3/h5-7H,4,13H2,1-3H3,(H,15,18). The molecule has 0 aliphatic rings. The summed E-state index contributed by atoms with van der Waals surface area (Å²) in [6.45, 7) is 6.24. The number of pyridine rings is 1. The Bertz CT molecular complexity index is 650. The number of nitrogen functional groups attached to an aromatic ring is 1. The van der Waals surface area contributed by atoms with E-state index in [1.807, 2.05) is 20.8 Å². The van der Waals surface area contributed by atoms with Gasteiger partial charge in [-0.1, -0.05) is 0 Å². The molecule has 0 saturated carbocycles. The summed E-state index contributed by atoms with van der Waals surface area (Å²) in [5.41, 5.74) is 6.07. The average Bonchev–Trinajstić information content (AvgIpc) is 2.73. The number of anilines is 1. The van der Waals surface area contributed by atoms with Crippen molar-refractivity contribution < 1.29 is 4.74 Å². The van der Waals surface area contributed by atoms with Crippen LogP contribution in [-0.2, 0) is 6.54 Å². The number of hydrogen-bond acceptors (Lipinski definition) is 6. The SMILES string of the molecule is CCn1c(Sc2ccc(N)c(OC(C)C)n2)n[nH]c1=O. The van der Waals surface area contributed by atoms with E-state index in [2.05, 4.69) is 15.2 Å². The van der Waals surface area contributed by atoms with Gasteiger partial charge in [0.2, 0.25) is 5.88 Å². The third kappa shape index (κ3) is 3.13. The van der Waals surface area contributed by atoms with E-state index in [4.69, 9.17) is 10.5 Å². The zero-order valence-electron chi connectivity index (χ0n) is 11.6. The highest BCUT2D eigenvalue weighted by Gasteiger charge is 2.12. The lowest BCUT2D eigenvalue weighted by molar-refractivity contribution is 0.232. The van der Waals surface area contributed by atoms with E-state index in [0.29, 0.717) is 28.3 Å². The molecule has 0 aliphatic carbocycles. The Kier molecular flexibility index (Phi) is 4.33. The van der Waals surface area contributed by atoms with Gasteiger partial charge in [-0.3, -0.25) is 4.57 Å². The molecule has 3 N–H and O–H groups in total. The van der Waals surface area contributed by atoms with Crippen molar-refractivity contribution in [3.05, 3.63) is 22.6 Å². The maximum absolute atomic E-state index is 11.5. The lowest BCUT2D eigenvalue weighted by atomic mass is 10.4. The summed E-state index contributed by atoms with van der Waals surface area (Å²) in [5, 5.41) is 7.62. The maximum Gasteiger partial charge on any atom is 0.343 e. The van der Waals surface area contributed by atoms with Gasteiger partial charge in [-0.25, -0.2) is 14.9 Å². The molecule has 0 bridgehead atoms. The third-order valence-electron chi connectivity index (χ3n) is 2.45. The summed E-state index contributed by atoms with van der Waals surface area (Å²) in [7, 11) is 0. The Balaban J connectivity index is 2.27. The highest BCUT2D eigenvalue weighted by molar-refractivity contribution is 7.99. The number of aromatic amines is 1. The molecular weight excluding hydrogens is 278 g/mol. The molecule has 20 heavy (non-hydrogen) atoms. The molecule has 2 aromatic rings. The van der Waals surface area contributed by atoms with Crippen LogP contribution in [0, 0.1) is 0 Å². The van der Waals surface area contributed by atoms with Gasteiger partial charge in [-0.15, -0.1) is 5.10 Å². The van der Waals surface area contributed by atoms with E-state index < -0.39 is 0 Å². The molecule has 0 atom stereocenters. The Hall–Kier alpha value is -1.96. The van der Waals surface area contributed by atoms with E-state index >= 15 is 0 Å². The minimum absolute atomic E-state index is 0.00995. The van der Waals surface area contributed by atoms with E-state index in [1.165, 1.54) is 16.3 Å². The fraction of sp³-hybridized carbons (Fsp3) is 0.417. The Labute approximate surface area is 120 Å². The minimum Gasteiger partial charge on any atom is -0.473 e. The summed E-state index contributed by atoms with van der Waals surface area (Å²) in [6, 6.07) is 3.50. The topological polar surface area (TPSA) is 98.8 Å².